The van der Waals surface area contributed by atoms with Crippen molar-refractivity contribution < 1.29 is 23.5 Å². The summed E-state index contributed by atoms with van der Waals surface area (Å²) in [6, 6.07) is 12.0. The summed E-state index contributed by atoms with van der Waals surface area (Å²) < 4.78 is 18.5. The van der Waals surface area contributed by atoms with E-state index in [2.05, 4.69) is 80.1 Å². The number of hydrogen-bond acceptors (Lipinski definition) is 6. The Balaban J connectivity index is 1.86. The highest BCUT2D eigenvalue weighted by Gasteiger charge is 2.25. The second-order valence-corrected chi connectivity index (χ2v) is 15.7. The number of thioether (sulfide) groups is 1. The predicted octanol–water partition coefficient (Wildman–Crippen LogP) is 8.21. The second-order valence-electron chi connectivity index (χ2n) is 13.9. The van der Waals surface area contributed by atoms with Gasteiger partial charge >= 0.3 is 5.97 Å². The Morgan fingerprint density at radius 3 is 2.20 bits per heavy atom. The van der Waals surface area contributed by atoms with E-state index in [1.165, 1.54) is 30.5 Å². The molecule has 0 saturated heterocycles. The lowest BCUT2D eigenvalue weighted by Crippen LogP contribution is -2.38. The van der Waals surface area contributed by atoms with Crippen LogP contribution in [0.2, 0.25) is 0 Å². The molecule has 0 bridgehead atoms. The van der Waals surface area contributed by atoms with Crippen molar-refractivity contribution in [1.82, 2.24) is 0 Å². The molecule has 3 rings (SSSR count). The number of benzene rings is 2. The molecule has 0 radical (unpaired) electrons. The van der Waals surface area contributed by atoms with Crippen LogP contribution in [0.1, 0.15) is 71.9 Å². The van der Waals surface area contributed by atoms with Crippen molar-refractivity contribution in [2.75, 3.05) is 46.7 Å². The summed E-state index contributed by atoms with van der Waals surface area (Å²) in [7, 11) is 7.86. The fourth-order valence-corrected chi connectivity index (χ4v) is 5.21. The average molecular weight is 584 g/mol. The van der Waals surface area contributed by atoms with Gasteiger partial charge in [-0.15, -0.1) is 0 Å². The lowest BCUT2D eigenvalue weighted by molar-refractivity contribution is -0.870. The number of ether oxygens (including phenoxy) is 3. The molecule has 0 atom stereocenters. The Hall–Kier alpha value is -2.64. The van der Waals surface area contributed by atoms with E-state index in [0.717, 1.165) is 39.3 Å². The van der Waals surface area contributed by atoms with Crippen molar-refractivity contribution >= 4 is 23.4 Å². The van der Waals surface area contributed by atoms with Gasteiger partial charge < -0.3 is 24.0 Å². The molecule has 0 aliphatic heterocycles. The molecule has 41 heavy (non-hydrogen) atoms. The van der Waals surface area contributed by atoms with Gasteiger partial charge in [0.15, 0.2) is 11.5 Å². The molecule has 0 heterocycles. The Bertz CT molecular complexity index is 1230. The van der Waals surface area contributed by atoms with Gasteiger partial charge in [-0.3, -0.25) is 4.79 Å². The van der Waals surface area contributed by atoms with Gasteiger partial charge in [0.2, 0.25) is 0 Å². The Morgan fingerprint density at radius 2 is 1.63 bits per heavy atom. The molecule has 2 aromatic rings. The Labute approximate surface area is 252 Å². The van der Waals surface area contributed by atoms with Gasteiger partial charge in [-0.05, 0) is 55.2 Å². The first kappa shape index (κ1) is 32.9. The fourth-order valence-electron chi connectivity index (χ4n) is 4.40. The molecule has 0 spiro atoms. The van der Waals surface area contributed by atoms with Crippen molar-refractivity contribution in [2.45, 2.75) is 77.7 Å². The van der Waals surface area contributed by atoms with E-state index in [0.29, 0.717) is 18.1 Å². The largest absolute Gasteiger partial charge is 0.493 e. The van der Waals surface area contributed by atoms with Crippen LogP contribution in [0.5, 0.6) is 17.2 Å². The fraction of sp³-hybridized carbons (Fsp3) is 0.559. The van der Waals surface area contributed by atoms with Crippen molar-refractivity contribution in [1.29, 1.82) is 0 Å². The van der Waals surface area contributed by atoms with Crippen LogP contribution in [0, 0.1) is 5.41 Å². The van der Waals surface area contributed by atoms with Crippen molar-refractivity contribution in [3.05, 3.63) is 58.8 Å². The van der Waals surface area contributed by atoms with E-state index in [-0.39, 0.29) is 22.6 Å². The van der Waals surface area contributed by atoms with Gasteiger partial charge in [0.05, 0.1) is 34.7 Å². The predicted molar refractivity (Wildman–Crippen MR) is 172 cm³/mol. The minimum Gasteiger partial charge on any atom is -0.493 e. The maximum absolute atomic E-state index is 12.5. The topological polar surface area (TPSA) is 56.8 Å². The van der Waals surface area contributed by atoms with Crippen molar-refractivity contribution in [2.24, 2.45) is 5.41 Å². The number of likely N-dealkylation sites (N-methyl/N-ethyl adjacent to an activating group) is 1. The molecule has 2 aromatic carbocycles. The molecule has 1 aliphatic carbocycles. The second kappa shape index (κ2) is 13.6. The van der Waals surface area contributed by atoms with E-state index < -0.39 is 0 Å². The lowest BCUT2D eigenvalue weighted by Gasteiger charge is -2.32. The molecule has 0 amide bonds. The first-order chi connectivity index (χ1) is 19.0. The van der Waals surface area contributed by atoms with Gasteiger partial charge in [0, 0.05) is 32.9 Å². The van der Waals surface area contributed by atoms with Gasteiger partial charge in [0.1, 0.15) is 18.9 Å². The first-order valence-corrected chi connectivity index (χ1v) is 15.6. The van der Waals surface area contributed by atoms with Crippen LogP contribution in [-0.2, 0) is 21.7 Å². The van der Waals surface area contributed by atoms with Gasteiger partial charge in [-0.1, -0.05) is 53.2 Å². The molecular weight excluding hydrogens is 532 g/mol. The minimum absolute atomic E-state index is 0.0477. The van der Waals surface area contributed by atoms with Crippen molar-refractivity contribution in [3.8, 4) is 17.2 Å². The highest BCUT2D eigenvalue weighted by atomic mass is 32.2. The zero-order valence-electron chi connectivity index (χ0n) is 26.9. The zero-order chi connectivity index (χ0) is 30.4. The molecule has 226 valence electrons. The molecule has 0 unspecified atom stereocenters. The number of nitrogens with one attached hydrogen (secondary N) is 1. The van der Waals surface area contributed by atoms with Crippen LogP contribution in [0.25, 0.3) is 0 Å². The number of carbonyl (C=O) groups is 1. The average Bonchev–Trinajstić information content (AvgIpc) is 2.80. The molecule has 6 nitrogen and oxygen atoms in total. The summed E-state index contributed by atoms with van der Waals surface area (Å²) in [6.07, 6.45) is 3.79. The van der Waals surface area contributed by atoms with Crippen LogP contribution >= 0.6 is 11.8 Å². The number of allylic oxidation sites excluding steroid dienone is 2. The number of anilines is 1. The first-order valence-electron chi connectivity index (χ1n) is 14.6. The van der Waals surface area contributed by atoms with Gasteiger partial charge in [0.25, 0.3) is 0 Å². The molecule has 1 N–H and O–H groups in total. The molecule has 7 heteroatoms. The molecule has 1 aliphatic rings. The molecule has 1 fully saturated rings. The minimum atomic E-state index is -0.248. The summed E-state index contributed by atoms with van der Waals surface area (Å²) in [6.45, 7) is 14.7. The highest BCUT2D eigenvalue weighted by molar-refractivity contribution is 7.99. The maximum atomic E-state index is 12.5. The zero-order valence-corrected chi connectivity index (χ0v) is 27.7. The van der Waals surface area contributed by atoms with Gasteiger partial charge in [-0.25, -0.2) is 0 Å². The number of carbonyl (C=O) groups excluding carboxylic acids is 1. The highest BCUT2D eigenvalue weighted by Crippen LogP contribution is 2.41. The summed E-state index contributed by atoms with van der Waals surface area (Å²) >= 11 is 1.88. The van der Waals surface area contributed by atoms with E-state index >= 15 is 0 Å². The SMILES string of the molecule is COc1ccc(CC(=O)OCC[N+](C)(C)C)cc1Oc1ccc(NC(=C2CCC2)C(C)(C)C)cc1CSC(C)(C)C. The quantitative estimate of drug-likeness (QED) is 0.201. The summed E-state index contributed by atoms with van der Waals surface area (Å²) in [5.74, 6) is 2.54. The normalized spacial score (nSPS) is 13.9. The standard InChI is InChI=1S/C34H51N2O4S/c1-33(2,3)32(25-12-11-13-25)35-27-15-17-28(26(22-27)23-41-34(4,5)6)40-30-20-24(14-16-29(30)38-10)21-31(37)39-19-18-36(7,8)9/h14-17,20,22,35H,11-13,18-19,21,23H2,1-10H3/q+1. The van der Waals surface area contributed by atoms with Crippen LogP contribution in [0.4, 0.5) is 5.69 Å². The lowest BCUT2D eigenvalue weighted by atomic mass is 9.80. The van der Waals surface area contributed by atoms with Crippen LogP contribution in [-0.4, -0.2) is 56.6 Å². The van der Waals surface area contributed by atoms with E-state index in [1.54, 1.807) is 7.11 Å². The monoisotopic (exact) mass is 583 g/mol. The summed E-state index contributed by atoms with van der Waals surface area (Å²) in [5.41, 5.74) is 5.90. The third-order valence-corrected chi connectivity index (χ3v) is 8.19. The van der Waals surface area contributed by atoms with Gasteiger partial charge in [-0.2, -0.15) is 11.8 Å². The van der Waals surface area contributed by atoms with Crippen LogP contribution in [0.3, 0.4) is 0 Å². The van der Waals surface area contributed by atoms with Crippen LogP contribution < -0.4 is 14.8 Å². The van der Waals surface area contributed by atoms with Crippen LogP contribution in [0.15, 0.2) is 47.7 Å². The third kappa shape index (κ3) is 10.6. The number of methoxy groups -OCH3 is 1. The molecular formula is C34H51N2O4S+. The maximum Gasteiger partial charge on any atom is 0.310 e. The number of esters is 1. The molecule has 1 saturated carbocycles. The number of nitrogens with zero attached hydrogens (tertiary/aromatic N) is 1. The van der Waals surface area contributed by atoms with Crippen molar-refractivity contribution in [3.63, 3.8) is 0 Å². The Morgan fingerprint density at radius 1 is 0.951 bits per heavy atom. The molecule has 0 aromatic heterocycles. The van der Waals surface area contributed by atoms with E-state index in [9.17, 15) is 4.79 Å². The number of hydrogen-bond donors (Lipinski definition) is 1. The summed E-state index contributed by atoms with van der Waals surface area (Å²) in [5, 5.41) is 3.77. The number of quaternary nitrogens is 1. The van der Waals surface area contributed by atoms with E-state index in [4.69, 9.17) is 14.2 Å². The smallest absolute Gasteiger partial charge is 0.310 e. The number of rotatable bonds is 12. The Kier molecular flexibility index (Phi) is 10.9. The third-order valence-electron chi connectivity index (χ3n) is 6.87. The van der Waals surface area contributed by atoms with E-state index in [1.807, 2.05) is 36.0 Å². The summed E-state index contributed by atoms with van der Waals surface area (Å²) in [4.78, 5) is 12.5.